The minimum atomic E-state index is -0.291. The van der Waals surface area contributed by atoms with Gasteiger partial charge in [0, 0.05) is 19.7 Å². The number of hydrogen-bond donors (Lipinski definition) is 3. The summed E-state index contributed by atoms with van der Waals surface area (Å²) in [6, 6.07) is 6.30. The highest BCUT2D eigenvalue weighted by molar-refractivity contribution is 7.22. The normalized spacial score (nSPS) is 19.9. The van der Waals surface area contributed by atoms with Crippen LogP contribution in [0.25, 0.3) is 10.2 Å². The Labute approximate surface area is 161 Å². The van der Waals surface area contributed by atoms with Gasteiger partial charge in [0.2, 0.25) is 5.91 Å². The van der Waals surface area contributed by atoms with Gasteiger partial charge < -0.3 is 20.3 Å². The SMILES string of the molecule is CC(=O)Nc1cn(Cc2ccc3nc(NC4CCCCC4O)sc3c2)cn1. The summed E-state index contributed by atoms with van der Waals surface area (Å²) in [5.41, 5.74) is 2.10. The van der Waals surface area contributed by atoms with E-state index in [0.29, 0.717) is 12.4 Å². The quantitative estimate of drug-likeness (QED) is 0.627. The van der Waals surface area contributed by atoms with Gasteiger partial charge in [0.05, 0.1) is 28.7 Å². The summed E-state index contributed by atoms with van der Waals surface area (Å²) in [5, 5.41) is 17.1. The van der Waals surface area contributed by atoms with Crippen molar-refractivity contribution in [1.82, 2.24) is 14.5 Å². The molecule has 0 bridgehead atoms. The average Bonchev–Trinajstić information content (AvgIpc) is 3.22. The molecule has 2 atom stereocenters. The first-order chi connectivity index (χ1) is 13.1. The number of nitrogens with zero attached hydrogens (tertiary/aromatic N) is 3. The number of hydrogen-bond acceptors (Lipinski definition) is 6. The van der Waals surface area contributed by atoms with Gasteiger partial charge in [-0.1, -0.05) is 30.2 Å². The molecule has 2 aromatic heterocycles. The highest BCUT2D eigenvalue weighted by atomic mass is 32.1. The summed E-state index contributed by atoms with van der Waals surface area (Å²) >= 11 is 1.62. The molecule has 8 heteroatoms. The summed E-state index contributed by atoms with van der Waals surface area (Å²) in [6.07, 6.45) is 7.32. The molecule has 2 heterocycles. The molecule has 27 heavy (non-hydrogen) atoms. The number of imidazole rings is 1. The number of aromatic nitrogens is 3. The minimum Gasteiger partial charge on any atom is -0.391 e. The Hall–Kier alpha value is -2.45. The summed E-state index contributed by atoms with van der Waals surface area (Å²) in [5.74, 6) is 0.424. The van der Waals surface area contributed by atoms with Crippen LogP contribution < -0.4 is 10.6 Å². The number of amides is 1. The van der Waals surface area contributed by atoms with E-state index in [2.05, 4.69) is 32.7 Å². The van der Waals surface area contributed by atoms with Crippen molar-refractivity contribution in [3.8, 4) is 0 Å². The molecular formula is C19H23N5O2S. The monoisotopic (exact) mass is 385 g/mol. The molecule has 2 unspecified atom stereocenters. The molecule has 1 aliphatic rings. The Morgan fingerprint density at radius 3 is 3.04 bits per heavy atom. The Balaban J connectivity index is 1.47. The van der Waals surface area contributed by atoms with Gasteiger partial charge in [-0.05, 0) is 30.5 Å². The van der Waals surface area contributed by atoms with Crippen molar-refractivity contribution in [2.75, 3.05) is 10.6 Å². The standard InChI is InChI=1S/C19H23N5O2S/c1-12(25)21-18-10-24(11-20-18)9-13-6-7-15-17(8-13)27-19(23-15)22-14-4-2-3-5-16(14)26/h6-8,10-11,14,16,26H,2-5,9H2,1H3,(H,21,25)(H,22,23). The number of nitrogens with one attached hydrogen (secondary N) is 2. The fourth-order valence-electron chi connectivity index (χ4n) is 3.47. The van der Waals surface area contributed by atoms with Crippen molar-refractivity contribution in [3.63, 3.8) is 0 Å². The van der Waals surface area contributed by atoms with E-state index in [1.165, 1.54) is 6.92 Å². The molecule has 0 aliphatic heterocycles. The third kappa shape index (κ3) is 4.28. The first-order valence-electron chi connectivity index (χ1n) is 9.20. The highest BCUT2D eigenvalue weighted by Crippen LogP contribution is 2.30. The van der Waals surface area contributed by atoms with Gasteiger partial charge in [0.1, 0.15) is 0 Å². The van der Waals surface area contributed by atoms with E-state index in [-0.39, 0.29) is 18.1 Å². The predicted octanol–water partition coefficient (Wildman–Crippen LogP) is 3.21. The second kappa shape index (κ2) is 7.66. The molecule has 1 fully saturated rings. The second-order valence-corrected chi connectivity index (χ2v) is 8.07. The van der Waals surface area contributed by atoms with Crippen LogP contribution >= 0.6 is 11.3 Å². The number of rotatable bonds is 5. The van der Waals surface area contributed by atoms with Crippen LogP contribution in [-0.4, -0.2) is 37.7 Å². The van der Waals surface area contributed by atoms with Gasteiger partial charge in [0.15, 0.2) is 10.9 Å². The number of carbonyl (C=O) groups excluding carboxylic acids is 1. The van der Waals surface area contributed by atoms with Crippen LogP contribution in [0.2, 0.25) is 0 Å². The molecule has 1 amide bonds. The number of benzene rings is 1. The fourth-order valence-corrected chi connectivity index (χ4v) is 4.46. The highest BCUT2D eigenvalue weighted by Gasteiger charge is 2.23. The topological polar surface area (TPSA) is 92.1 Å². The molecule has 1 aromatic carbocycles. The summed E-state index contributed by atoms with van der Waals surface area (Å²) in [7, 11) is 0. The first kappa shape index (κ1) is 17.9. The number of aliphatic hydroxyl groups is 1. The Bertz CT molecular complexity index is 951. The molecular weight excluding hydrogens is 362 g/mol. The van der Waals surface area contributed by atoms with E-state index < -0.39 is 0 Å². The smallest absolute Gasteiger partial charge is 0.222 e. The first-order valence-corrected chi connectivity index (χ1v) is 10.0. The summed E-state index contributed by atoms with van der Waals surface area (Å²) in [6.45, 7) is 2.14. The van der Waals surface area contributed by atoms with Crippen LogP contribution in [0.4, 0.5) is 10.9 Å². The Kier molecular flexibility index (Phi) is 5.09. The fraction of sp³-hybridized carbons (Fsp3) is 0.421. The lowest BCUT2D eigenvalue weighted by molar-refractivity contribution is -0.114. The maximum Gasteiger partial charge on any atom is 0.222 e. The molecule has 4 rings (SSSR count). The van der Waals surface area contributed by atoms with E-state index in [4.69, 9.17) is 0 Å². The van der Waals surface area contributed by atoms with Crippen LogP contribution in [-0.2, 0) is 11.3 Å². The van der Waals surface area contributed by atoms with Crippen molar-refractivity contribution in [2.45, 2.75) is 51.3 Å². The van der Waals surface area contributed by atoms with Crippen LogP contribution in [0.3, 0.4) is 0 Å². The number of carbonyl (C=O) groups is 1. The third-order valence-electron chi connectivity index (χ3n) is 4.79. The number of aliphatic hydroxyl groups excluding tert-OH is 1. The van der Waals surface area contributed by atoms with Crippen molar-refractivity contribution in [2.24, 2.45) is 0 Å². The van der Waals surface area contributed by atoms with E-state index in [1.54, 1.807) is 17.7 Å². The summed E-state index contributed by atoms with van der Waals surface area (Å²) in [4.78, 5) is 19.9. The zero-order valence-corrected chi connectivity index (χ0v) is 16.0. The molecule has 3 N–H and O–H groups in total. The average molecular weight is 385 g/mol. The second-order valence-electron chi connectivity index (χ2n) is 7.04. The van der Waals surface area contributed by atoms with Crippen molar-refractivity contribution >= 4 is 38.4 Å². The molecule has 0 radical (unpaired) electrons. The van der Waals surface area contributed by atoms with E-state index >= 15 is 0 Å². The van der Waals surface area contributed by atoms with Crippen LogP contribution in [0.5, 0.6) is 0 Å². The predicted molar refractivity (Wildman–Crippen MR) is 107 cm³/mol. The zero-order chi connectivity index (χ0) is 18.8. The van der Waals surface area contributed by atoms with Crippen molar-refractivity contribution in [3.05, 3.63) is 36.3 Å². The lowest BCUT2D eigenvalue weighted by Gasteiger charge is -2.27. The Morgan fingerprint density at radius 2 is 2.22 bits per heavy atom. The molecule has 1 aliphatic carbocycles. The number of thiazole rings is 1. The van der Waals surface area contributed by atoms with Crippen LogP contribution in [0.1, 0.15) is 38.2 Å². The number of anilines is 2. The van der Waals surface area contributed by atoms with Gasteiger partial charge in [-0.15, -0.1) is 0 Å². The Morgan fingerprint density at radius 1 is 1.37 bits per heavy atom. The largest absolute Gasteiger partial charge is 0.391 e. The maximum absolute atomic E-state index is 11.1. The molecule has 0 saturated heterocycles. The van der Waals surface area contributed by atoms with Gasteiger partial charge in [-0.2, -0.15) is 0 Å². The van der Waals surface area contributed by atoms with Gasteiger partial charge >= 0.3 is 0 Å². The summed E-state index contributed by atoms with van der Waals surface area (Å²) < 4.78 is 3.05. The molecule has 1 saturated carbocycles. The lowest BCUT2D eigenvalue weighted by Crippen LogP contribution is -2.36. The third-order valence-corrected chi connectivity index (χ3v) is 5.74. The zero-order valence-electron chi connectivity index (χ0n) is 15.2. The lowest BCUT2D eigenvalue weighted by atomic mass is 9.93. The number of fused-ring (bicyclic) bond motifs is 1. The van der Waals surface area contributed by atoms with Crippen molar-refractivity contribution < 1.29 is 9.90 Å². The van der Waals surface area contributed by atoms with Crippen LogP contribution in [0.15, 0.2) is 30.7 Å². The molecule has 0 spiro atoms. The van der Waals surface area contributed by atoms with Crippen molar-refractivity contribution in [1.29, 1.82) is 0 Å². The molecule has 7 nitrogen and oxygen atoms in total. The van der Waals surface area contributed by atoms with E-state index in [0.717, 1.165) is 46.6 Å². The van der Waals surface area contributed by atoms with Gasteiger partial charge in [0.25, 0.3) is 0 Å². The van der Waals surface area contributed by atoms with Gasteiger partial charge in [-0.25, -0.2) is 9.97 Å². The van der Waals surface area contributed by atoms with E-state index in [1.807, 2.05) is 16.8 Å². The minimum absolute atomic E-state index is 0.0944. The van der Waals surface area contributed by atoms with Gasteiger partial charge in [-0.3, -0.25) is 4.79 Å². The van der Waals surface area contributed by atoms with E-state index in [9.17, 15) is 9.90 Å². The molecule has 3 aromatic rings. The maximum atomic E-state index is 11.1. The molecule has 142 valence electrons. The van der Waals surface area contributed by atoms with Crippen LogP contribution in [0, 0.1) is 0 Å².